The molecule has 0 spiro atoms. The van der Waals surface area contributed by atoms with Crippen LogP contribution >= 0.6 is 0 Å². The van der Waals surface area contributed by atoms with E-state index in [1.807, 2.05) is 23.0 Å². The second-order valence-corrected chi connectivity index (χ2v) is 6.84. The van der Waals surface area contributed by atoms with Crippen LogP contribution in [0.15, 0.2) is 60.9 Å². The quantitative estimate of drug-likeness (QED) is 0.605. The largest absolute Gasteiger partial charge is 0.393 e. The van der Waals surface area contributed by atoms with Gasteiger partial charge in [-0.3, -0.25) is 0 Å². The monoisotopic (exact) mass is 344 g/mol. The lowest BCUT2D eigenvalue weighted by Crippen LogP contribution is -2.36. The van der Waals surface area contributed by atoms with Crippen molar-refractivity contribution in [2.45, 2.75) is 18.9 Å². The summed E-state index contributed by atoms with van der Waals surface area (Å²) in [7, 11) is 0. The molecule has 1 fully saturated rings. The van der Waals surface area contributed by atoms with E-state index >= 15 is 0 Å². The van der Waals surface area contributed by atoms with E-state index in [1.165, 1.54) is 10.8 Å². The van der Waals surface area contributed by atoms with Gasteiger partial charge in [0.05, 0.1) is 12.3 Å². The van der Waals surface area contributed by atoms with Crippen LogP contribution in [-0.4, -0.2) is 38.9 Å². The molecule has 0 amide bonds. The van der Waals surface area contributed by atoms with Crippen LogP contribution in [0.1, 0.15) is 12.8 Å². The molecule has 4 aromatic rings. The Morgan fingerprint density at radius 2 is 1.73 bits per heavy atom. The minimum Gasteiger partial charge on any atom is -0.393 e. The van der Waals surface area contributed by atoms with Crippen LogP contribution in [0, 0.1) is 0 Å². The van der Waals surface area contributed by atoms with E-state index in [2.05, 4.69) is 57.4 Å². The van der Waals surface area contributed by atoms with E-state index in [4.69, 9.17) is 0 Å². The number of fused-ring (bicyclic) bond motifs is 2. The Kier molecular flexibility index (Phi) is 3.60. The molecule has 1 N–H and O–H groups in total. The Hall–Kier alpha value is -2.92. The van der Waals surface area contributed by atoms with Crippen LogP contribution in [-0.2, 0) is 0 Å². The van der Waals surface area contributed by atoms with Crippen molar-refractivity contribution in [1.82, 2.24) is 14.6 Å². The van der Waals surface area contributed by atoms with Gasteiger partial charge >= 0.3 is 0 Å². The van der Waals surface area contributed by atoms with Gasteiger partial charge in [0.1, 0.15) is 5.82 Å². The number of aromatic nitrogens is 3. The van der Waals surface area contributed by atoms with Gasteiger partial charge in [-0.2, -0.15) is 9.61 Å². The van der Waals surface area contributed by atoms with Gasteiger partial charge < -0.3 is 10.0 Å². The molecule has 2 aromatic heterocycles. The fourth-order valence-electron chi connectivity index (χ4n) is 3.86. The molecule has 130 valence electrons. The average molecular weight is 344 g/mol. The van der Waals surface area contributed by atoms with E-state index in [-0.39, 0.29) is 6.10 Å². The average Bonchev–Trinajstić information content (AvgIpc) is 3.12. The van der Waals surface area contributed by atoms with Crippen molar-refractivity contribution in [3.05, 3.63) is 60.9 Å². The fraction of sp³-hybridized carbons (Fsp3) is 0.238. The van der Waals surface area contributed by atoms with Crippen molar-refractivity contribution in [2.24, 2.45) is 0 Å². The highest BCUT2D eigenvalue weighted by Gasteiger charge is 2.21. The molecule has 1 saturated heterocycles. The molecule has 0 saturated carbocycles. The second kappa shape index (κ2) is 6.11. The SMILES string of the molecule is OC1CCN(c2ccnc3c(-c4cccc5ccccc45)cnn23)CC1. The van der Waals surface area contributed by atoms with Crippen LogP contribution in [0.4, 0.5) is 5.82 Å². The number of rotatable bonds is 2. The number of hydrogen-bond donors (Lipinski definition) is 1. The molecule has 0 aliphatic carbocycles. The molecule has 1 aliphatic rings. The van der Waals surface area contributed by atoms with Crippen molar-refractivity contribution in [2.75, 3.05) is 18.0 Å². The number of piperidine rings is 1. The van der Waals surface area contributed by atoms with Crippen LogP contribution in [0.2, 0.25) is 0 Å². The van der Waals surface area contributed by atoms with E-state index < -0.39 is 0 Å². The molecular weight excluding hydrogens is 324 g/mol. The first-order valence-corrected chi connectivity index (χ1v) is 9.05. The standard InChI is InChI=1S/C21H20N4O/c26-16-9-12-24(13-10-16)20-8-11-22-21-19(14-23-25(20)21)18-7-3-5-15-4-1-2-6-17(15)18/h1-8,11,14,16,26H,9-10,12-13H2. The summed E-state index contributed by atoms with van der Waals surface area (Å²) in [6.45, 7) is 1.67. The van der Waals surface area contributed by atoms with E-state index in [0.717, 1.165) is 48.5 Å². The lowest BCUT2D eigenvalue weighted by Gasteiger charge is -2.31. The van der Waals surface area contributed by atoms with Gasteiger partial charge in [-0.25, -0.2) is 4.98 Å². The molecule has 0 unspecified atom stereocenters. The molecule has 5 nitrogen and oxygen atoms in total. The Balaban J connectivity index is 1.65. The van der Waals surface area contributed by atoms with Gasteiger partial charge in [0.2, 0.25) is 0 Å². The van der Waals surface area contributed by atoms with Crippen molar-refractivity contribution in [3.63, 3.8) is 0 Å². The van der Waals surface area contributed by atoms with Gasteiger partial charge in [-0.15, -0.1) is 0 Å². The Bertz CT molecular complexity index is 1070. The summed E-state index contributed by atoms with van der Waals surface area (Å²) in [5.41, 5.74) is 3.06. The number of nitrogens with zero attached hydrogens (tertiary/aromatic N) is 4. The molecule has 3 heterocycles. The summed E-state index contributed by atoms with van der Waals surface area (Å²) in [5.74, 6) is 1.04. The molecule has 0 atom stereocenters. The fourth-order valence-corrected chi connectivity index (χ4v) is 3.86. The molecule has 5 rings (SSSR count). The first-order chi connectivity index (χ1) is 12.8. The first-order valence-electron chi connectivity index (χ1n) is 9.05. The van der Waals surface area contributed by atoms with E-state index in [0.29, 0.717) is 0 Å². The zero-order valence-corrected chi connectivity index (χ0v) is 14.4. The van der Waals surface area contributed by atoms with Crippen LogP contribution in [0.25, 0.3) is 27.5 Å². The normalized spacial score (nSPS) is 15.8. The predicted octanol–water partition coefficient (Wildman–Crippen LogP) is 3.51. The van der Waals surface area contributed by atoms with Gasteiger partial charge in [0, 0.05) is 24.8 Å². The third-order valence-corrected chi connectivity index (χ3v) is 5.25. The molecule has 0 bridgehead atoms. The molecule has 2 aromatic carbocycles. The summed E-state index contributed by atoms with van der Waals surface area (Å²) in [4.78, 5) is 6.90. The van der Waals surface area contributed by atoms with Crippen molar-refractivity contribution < 1.29 is 5.11 Å². The smallest absolute Gasteiger partial charge is 0.165 e. The zero-order valence-electron chi connectivity index (χ0n) is 14.4. The minimum absolute atomic E-state index is 0.188. The van der Waals surface area contributed by atoms with Crippen molar-refractivity contribution >= 4 is 22.2 Å². The number of hydrogen-bond acceptors (Lipinski definition) is 4. The topological polar surface area (TPSA) is 53.7 Å². The highest BCUT2D eigenvalue weighted by molar-refractivity contribution is 5.99. The Labute approximate surface area is 151 Å². The van der Waals surface area contributed by atoms with E-state index in [9.17, 15) is 5.11 Å². The third kappa shape index (κ3) is 2.44. The van der Waals surface area contributed by atoms with Gasteiger partial charge in [0.25, 0.3) is 0 Å². The maximum atomic E-state index is 9.78. The van der Waals surface area contributed by atoms with Crippen LogP contribution < -0.4 is 4.90 Å². The summed E-state index contributed by atoms with van der Waals surface area (Å²) in [6.07, 6.45) is 5.16. The van der Waals surface area contributed by atoms with E-state index in [1.54, 1.807) is 0 Å². The molecular formula is C21H20N4O. The number of anilines is 1. The summed E-state index contributed by atoms with van der Waals surface area (Å²) < 4.78 is 1.93. The number of benzene rings is 2. The van der Waals surface area contributed by atoms with Crippen LogP contribution in [0.3, 0.4) is 0 Å². The zero-order chi connectivity index (χ0) is 17.5. The van der Waals surface area contributed by atoms with Gasteiger partial charge in [-0.05, 0) is 35.2 Å². The van der Waals surface area contributed by atoms with Crippen molar-refractivity contribution in [3.8, 4) is 11.1 Å². The Morgan fingerprint density at radius 1 is 0.923 bits per heavy atom. The third-order valence-electron chi connectivity index (χ3n) is 5.25. The maximum absolute atomic E-state index is 9.78. The summed E-state index contributed by atoms with van der Waals surface area (Å²) in [5, 5.41) is 16.8. The highest BCUT2D eigenvalue weighted by Crippen LogP contribution is 2.32. The molecule has 26 heavy (non-hydrogen) atoms. The maximum Gasteiger partial charge on any atom is 0.165 e. The molecule has 1 aliphatic heterocycles. The number of aliphatic hydroxyl groups excluding tert-OH is 1. The second-order valence-electron chi connectivity index (χ2n) is 6.84. The highest BCUT2D eigenvalue weighted by atomic mass is 16.3. The summed E-state index contributed by atoms with van der Waals surface area (Å²) in [6, 6.07) is 16.7. The Morgan fingerprint density at radius 3 is 2.62 bits per heavy atom. The molecule has 5 heteroatoms. The van der Waals surface area contributed by atoms with Gasteiger partial charge in [-0.1, -0.05) is 42.5 Å². The predicted molar refractivity (Wildman–Crippen MR) is 103 cm³/mol. The lowest BCUT2D eigenvalue weighted by atomic mass is 10.0. The molecule has 0 radical (unpaired) electrons. The van der Waals surface area contributed by atoms with Crippen molar-refractivity contribution in [1.29, 1.82) is 0 Å². The lowest BCUT2D eigenvalue weighted by molar-refractivity contribution is 0.145. The first kappa shape index (κ1) is 15.3. The number of aliphatic hydroxyl groups is 1. The van der Waals surface area contributed by atoms with Gasteiger partial charge in [0.15, 0.2) is 5.65 Å². The summed E-state index contributed by atoms with van der Waals surface area (Å²) >= 11 is 0. The minimum atomic E-state index is -0.188. The van der Waals surface area contributed by atoms with Crippen LogP contribution in [0.5, 0.6) is 0 Å².